The van der Waals surface area contributed by atoms with Crippen molar-refractivity contribution in [3.05, 3.63) is 11.7 Å². The second-order valence-electron chi connectivity index (χ2n) is 6.33. The molecule has 0 radical (unpaired) electrons. The number of amides is 1. The second-order valence-corrected chi connectivity index (χ2v) is 6.33. The summed E-state index contributed by atoms with van der Waals surface area (Å²) >= 11 is 0. The van der Waals surface area contributed by atoms with Crippen LogP contribution in [-0.2, 0) is 9.53 Å². The summed E-state index contributed by atoms with van der Waals surface area (Å²) in [5.41, 5.74) is 0. The average molecular weight is 308 g/mol. The number of carbonyl (C=O) groups is 1. The Balaban J connectivity index is 1.56. The van der Waals surface area contributed by atoms with Crippen LogP contribution in [-0.4, -0.2) is 71.8 Å². The fourth-order valence-electron chi connectivity index (χ4n) is 3.45. The number of likely N-dealkylation sites (tertiary alicyclic amines) is 2. The molecule has 3 rings (SSSR count). The van der Waals surface area contributed by atoms with Crippen molar-refractivity contribution >= 4 is 5.91 Å². The average Bonchev–Trinajstić information content (AvgIpc) is 3.12. The number of hydrogen-bond acceptors (Lipinski definition) is 6. The molecule has 2 atom stereocenters. The number of ether oxygens (including phenoxy) is 1. The molecular formula is C15H24N4O3. The summed E-state index contributed by atoms with van der Waals surface area (Å²) in [4.78, 5) is 21.1. The standard InChI is InChI=1S/C15H24N4O3/c1-10-16-14(22-17-10)11-4-6-19(7-5-11)15(20)13-8-12(21-3)9-18(13)2/h11-13H,4-9H2,1-3H3/t12-,13-/m0/s1. The molecule has 0 bridgehead atoms. The Kier molecular flexibility index (Phi) is 4.44. The molecule has 0 aromatic carbocycles. The number of aryl methyl sites for hydroxylation is 1. The lowest BCUT2D eigenvalue weighted by Crippen LogP contribution is -2.47. The van der Waals surface area contributed by atoms with Gasteiger partial charge in [-0.25, -0.2) is 0 Å². The van der Waals surface area contributed by atoms with Gasteiger partial charge in [0, 0.05) is 32.7 Å². The monoisotopic (exact) mass is 308 g/mol. The molecule has 0 spiro atoms. The zero-order valence-corrected chi connectivity index (χ0v) is 13.5. The quantitative estimate of drug-likeness (QED) is 0.822. The maximum atomic E-state index is 12.7. The third-order valence-electron chi connectivity index (χ3n) is 4.83. The number of rotatable bonds is 3. The molecule has 2 fully saturated rings. The highest BCUT2D eigenvalue weighted by atomic mass is 16.5. The van der Waals surface area contributed by atoms with Crippen molar-refractivity contribution < 1.29 is 14.1 Å². The molecule has 1 amide bonds. The van der Waals surface area contributed by atoms with Gasteiger partial charge in [0.25, 0.3) is 0 Å². The molecule has 0 N–H and O–H groups in total. The van der Waals surface area contributed by atoms with Crippen molar-refractivity contribution in [1.82, 2.24) is 19.9 Å². The highest BCUT2D eigenvalue weighted by Gasteiger charge is 2.38. The molecule has 3 heterocycles. The van der Waals surface area contributed by atoms with Gasteiger partial charge in [0.2, 0.25) is 11.8 Å². The first-order valence-corrected chi connectivity index (χ1v) is 7.90. The van der Waals surface area contributed by atoms with Crippen LogP contribution in [0.25, 0.3) is 0 Å². The number of likely N-dealkylation sites (N-methyl/N-ethyl adjacent to an activating group) is 1. The first-order chi connectivity index (χ1) is 10.6. The first-order valence-electron chi connectivity index (χ1n) is 7.90. The molecule has 7 heteroatoms. The Hall–Kier alpha value is -1.47. The van der Waals surface area contributed by atoms with E-state index in [1.807, 2.05) is 18.9 Å². The van der Waals surface area contributed by atoms with E-state index in [0.717, 1.165) is 38.9 Å². The second kappa shape index (κ2) is 6.34. The highest BCUT2D eigenvalue weighted by Crippen LogP contribution is 2.28. The van der Waals surface area contributed by atoms with Crippen LogP contribution in [0, 0.1) is 6.92 Å². The third kappa shape index (κ3) is 3.01. The van der Waals surface area contributed by atoms with E-state index in [0.29, 0.717) is 11.7 Å². The van der Waals surface area contributed by atoms with Crippen LogP contribution in [0.2, 0.25) is 0 Å². The normalized spacial score (nSPS) is 27.5. The summed E-state index contributed by atoms with van der Waals surface area (Å²) < 4.78 is 10.6. The molecule has 0 saturated carbocycles. The molecule has 0 aliphatic carbocycles. The Morgan fingerprint density at radius 2 is 2.09 bits per heavy atom. The number of aromatic nitrogens is 2. The molecule has 22 heavy (non-hydrogen) atoms. The van der Waals surface area contributed by atoms with Gasteiger partial charge in [-0.3, -0.25) is 9.69 Å². The first kappa shape index (κ1) is 15.4. The van der Waals surface area contributed by atoms with Crippen LogP contribution in [0.1, 0.15) is 36.9 Å². The van der Waals surface area contributed by atoms with Crippen LogP contribution in [0.15, 0.2) is 4.52 Å². The van der Waals surface area contributed by atoms with Crippen LogP contribution >= 0.6 is 0 Å². The van der Waals surface area contributed by atoms with E-state index in [4.69, 9.17) is 9.26 Å². The smallest absolute Gasteiger partial charge is 0.240 e. The number of carbonyl (C=O) groups excluding carboxylic acids is 1. The van der Waals surface area contributed by atoms with Gasteiger partial charge in [0.15, 0.2) is 5.82 Å². The minimum atomic E-state index is -0.0489. The molecule has 122 valence electrons. The summed E-state index contributed by atoms with van der Waals surface area (Å²) in [7, 11) is 3.71. The Bertz CT molecular complexity index is 525. The van der Waals surface area contributed by atoms with E-state index < -0.39 is 0 Å². The Labute approximate surface area is 130 Å². The Morgan fingerprint density at radius 1 is 1.36 bits per heavy atom. The van der Waals surface area contributed by atoms with Crippen molar-refractivity contribution in [1.29, 1.82) is 0 Å². The van der Waals surface area contributed by atoms with Gasteiger partial charge >= 0.3 is 0 Å². The van der Waals surface area contributed by atoms with Crippen molar-refractivity contribution in [3.8, 4) is 0 Å². The minimum absolute atomic E-state index is 0.0489. The highest BCUT2D eigenvalue weighted by molar-refractivity contribution is 5.82. The van der Waals surface area contributed by atoms with Crippen molar-refractivity contribution in [2.24, 2.45) is 0 Å². The van der Waals surface area contributed by atoms with Crippen molar-refractivity contribution in [2.75, 3.05) is 33.8 Å². The zero-order chi connectivity index (χ0) is 15.7. The maximum Gasteiger partial charge on any atom is 0.240 e. The summed E-state index contributed by atoms with van der Waals surface area (Å²) in [5, 5.41) is 3.85. The lowest BCUT2D eigenvalue weighted by molar-refractivity contribution is -0.136. The molecule has 2 saturated heterocycles. The number of nitrogens with zero attached hydrogens (tertiary/aromatic N) is 4. The topological polar surface area (TPSA) is 71.7 Å². The fourth-order valence-corrected chi connectivity index (χ4v) is 3.45. The van der Waals surface area contributed by atoms with E-state index in [1.54, 1.807) is 7.11 Å². The SMILES string of the molecule is CO[C@H]1C[C@@H](C(=O)N2CCC(c3nc(C)no3)CC2)N(C)C1. The minimum Gasteiger partial charge on any atom is -0.380 e. The predicted octanol–water partition coefficient (Wildman–Crippen LogP) is 0.803. The van der Waals surface area contributed by atoms with Crippen molar-refractivity contribution in [2.45, 2.75) is 44.2 Å². The lowest BCUT2D eigenvalue weighted by Gasteiger charge is -2.33. The molecule has 0 unspecified atom stereocenters. The molecule has 1 aromatic heterocycles. The maximum absolute atomic E-state index is 12.7. The number of piperidine rings is 1. The molecule has 2 aliphatic heterocycles. The summed E-state index contributed by atoms with van der Waals surface area (Å²) in [6, 6.07) is -0.0489. The molecular weight excluding hydrogens is 284 g/mol. The lowest BCUT2D eigenvalue weighted by atomic mass is 9.96. The van der Waals surface area contributed by atoms with Gasteiger partial charge in [0.1, 0.15) is 0 Å². The van der Waals surface area contributed by atoms with E-state index in [2.05, 4.69) is 15.0 Å². The fraction of sp³-hybridized carbons (Fsp3) is 0.800. The summed E-state index contributed by atoms with van der Waals surface area (Å²) in [6.07, 6.45) is 2.72. The van der Waals surface area contributed by atoms with Gasteiger partial charge in [-0.1, -0.05) is 5.16 Å². The largest absolute Gasteiger partial charge is 0.380 e. The van der Waals surface area contributed by atoms with Gasteiger partial charge in [-0.15, -0.1) is 0 Å². The van der Waals surface area contributed by atoms with Crippen LogP contribution in [0.5, 0.6) is 0 Å². The van der Waals surface area contributed by atoms with E-state index in [9.17, 15) is 4.79 Å². The van der Waals surface area contributed by atoms with Gasteiger partial charge in [-0.05, 0) is 33.2 Å². The van der Waals surface area contributed by atoms with Crippen LogP contribution < -0.4 is 0 Å². The van der Waals surface area contributed by atoms with Crippen LogP contribution in [0.4, 0.5) is 0 Å². The number of hydrogen-bond donors (Lipinski definition) is 0. The zero-order valence-electron chi connectivity index (χ0n) is 13.5. The van der Waals surface area contributed by atoms with Gasteiger partial charge in [0.05, 0.1) is 12.1 Å². The summed E-state index contributed by atoms with van der Waals surface area (Å²) in [5.74, 6) is 1.88. The van der Waals surface area contributed by atoms with E-state index in [1.165, 1.54) is 0 Å². The van der Waals surface area contributed by atoms with Gasteiger partial charge in [-0.2, -0.15) is 4.98 Å². The number of methoxy groups -OCH3 is 1. The van der Waals surface area contributed by atoms with Crippen LogP contribution in [0.3, 0.4) is 0 Å². The predicted molar refractivity (Wildman–Crippen MR) is 79.4 cm³/mol. The van der Waals surface area contributed by atoms with E-state index >= 15 is 0 Å². The summed E-state index contributed by atoms with van der Waals surface area (Å²) in [6.45, 7) is 4.16. The molecule has 7 nitrogen and oxygen atoms in total. The van der Waals surface area contributed by atoms with Gasteiger partial charge < -0.3 is 14.2 Å². The van der Waals surface area contributed by atoms with E-state index in [-0.39, 0.29) is 24.0 Å². The third-order valence-corrected chi connectivity index (χ3v) is 4.83. The molecule has 2 aliphatic rings. The molecule has 1 aromatic rings. The van der Waals surface area contributed by atoms with Crippen molar-refractivity contribution in [3.63, 3.8) is 0 Å². The Morgan fingerprint density at radius 3 is 2.64 bits per heavy atom.